The summed E-state index contributed by atoms with van der Waals surface area (Å²) in [4.78, 5) is 6.64. The van der Waals surface area contributed by atoms with E-state index in [0.717, 1.165) is 30.7 Å². The van der Waals surface area contributed by atoms with Crippen LogP contribution in [0.25, 0.3) is 11.1 Å². The van der Waals surface area contributed by atoms with E-state index in [9.17, 15) is 0 Å². The molecule has 0 bridgehead atoms. The highest BCUT2D eigenvalue weighted by atomic mass is 35.5. The first-order valence-electron chi connectivity index (χ1n) is 6.56. The van der Waals surface area contributed by atoms with Gasteiger partial charge in [0, 0.05) is 31.7 Å². The summed E-state index contributed by atoms with van der Waals surface area (Å²) in [6.45, 7) is 2.75. The van der Waals surface area contributed by atoms with E-state index < -0.39 is 0 Å². The molecule has 3 aromatic rings. The zero-order valence-electron chi connectivity index (χ0n) is 10.7. The van der Waals surface area contributed by atoms with Crippen LogP contribution in [0.5, 0.6) is 0 Å². The van der Waals surface area contributed by atoms with Crippen LogP contribution >= 0.6 is 11.6 Å². The Morgan fingerprint density at radius 3 is 2.90 bits per heavy atom. The van der Waals surface area contributed by atoms with Crippen LogP contribution in [-0.2, 0) is 6.54 Å². The minimum Gasteiger partial charge on any atom is -0.423 e. The number of anilines is 1. The molecule has 0 spiro atoms. The molecule has 1 fully saturated rings. The van der Waals surface area contributed by atoms with E-state index in [1.807, 2.05) is 35.1 Å². The molecule has 0 N–H and O–H groups in total. The van der Waals surface area contributed by atoms with Crippen LogP contribution in [0, 0.1) is 5.92 Å². The molecule has 1 aliphatic rings. The van der Waals surface area contributed by atoms with Crippen molar-refractivity contribution < 1.29 is 4.42 Å². The topological polar surface area (TPSA) is 47.1 Å². The fourth-order valence-electron chi connectivity index (χ4n) is 2.54. The number of hydrogen-bond donors (Lipinski definition) is 0. The van der Waals surface area contributed by atoms with Gasteiger partial charge in [0.2, 0.25) is 0 Å². The maximum atomic E-state index is 5.86. The fourth-order valence-corrected chi connectivity index (χ4v) is 2.70. The largest absolute Gasteiger partial charge is 0.423 e. The quantitative estimate of drug-likeness (QED) is 0.743. The number of benzene rings is 1. The van der Waals surface area contributed by atoms with Crippen LogP contribution in [0.15, 0.2) is 41.1 Å². The Morgan fingerprint density at radius 1 is 1.30 bits per heavy atom. The Labute approximate surface area is 120 Å². The smallest absolute Gasteiger partial charge is 0.298 e. The Morgan fingerprint density at radius 2 is 2.15 bits per heavy atom. The van der Waals surface area contributed by atoms with Gasteiger partial charge in [0.15, 0.2) is 5.58 Å². The van der Waals surface area contributed by atoms with Crippen LogP contribution in [0.4, 0.5) is 6.01 Å². The highest BCUT2D eigenvalue weighted by Crippen LogP contribution is 2.28. The fraction of sp³-hybridized carbons (Fsp3) is 0.286. The van der Waals surface area contributed by atoms with Gasteiger partial charge in [-0.25, -0.2) is 0 Å². The molecule has 1 aromatic carbocycles. The molecule has 0 amide bonds. The van der Waals surface area contributed by atoms with Crippen LogP contribution < -0.4 is 4.90 Å². The Hall–Kier alpha value is -2.01. The zero-order chi connectivity index (χ0) is 13.5. The SMILES string of the molecule is Clc1cnn(CC2CN(c3nc4ccccc4o3)C2)c1. The summed E-state index contributed by atoms with van der Waals surface area (Å²) in [6, 6.07) is 8.54. The molecule has 5 nitrogen and oxygen atoms in total. The van der Waals surface area contributed by atoms with Gasteiger partial charge in [-0.2, -0.15) is 10.1 Å². The molecule has 4 rings (SSSR count). The molecule has 0 saturated carbocycles. The maximum absolute atomic E-state index is 5.86. The summed E-state index contributed by atoms with van der Waals surface area (Å²) in [5, 5.41) is 4.88. The van der Waals surface area contributed by atoms with Gasteiger partial charge in [-0.1, -0.05) is 23.7 Å². The standard InChI is InChI=1S/C14H13ClN4O/c15-11-5-16-19(9-11)8-10-6-18(7-10)14-17-12-3-1-2-4-13(12)20-14/h1-5,9-10H,6-8H2. The second-order valence-electron chi connectivity index (χ2n) is 5.12. The third-order valence-corrected chi connectivity index (χ3v) is 3.75. The Bertz CT molecular complexity index is 711. The van der Waals surface area contributed by atoms with E-state index in [0.29, 0.717) is 17.0 Å². The number of para-hydroxylation sites is 2. The molecule has 0 unspecified atom stereocenters. The Balaban J connectivity index is 1.43. The van der Waals surface area contributed by atoms with Crippen LogP contribution in [-0.4, -0.2) is 27.9 Å². The van der Waals surface area contributed by atoms with Crippen molar-refractivity contribution in [2.24, 2.45) is 5.92 Å². The molecule has 0 atom stereocenters. The number of aromatic nitrogens is 3. The second-order valence-corrected chi connectivity index (χ2v) is 5.55. The van der Waals surface area contributed by atoms with E-state index in [2.05, 4.69) is 15.0 Å². The van der Waals surface area contributed by atoms with Gasteiger partial charge >= 0.3 is 0 Å². The summed E-state index contributed by atoms with van der Waals surface area (Å²) in [7, 11) is 0. The van der Waals surface area contributed by atoms with Gasteiger partial charge in [-0.15, -0.1) is 0 Å². The molecule has 20 heavy (non-hydrogen) atoms. The van der Waals surface area contributed by atoms with Crippen molar-refractivity contribution in [3.8, 4) is 0 Å². The predicted molar refractivity (Wildman–Crippen MR) is 76.9 cm³/mol. The third kappa shape index (κ3) is 2.04. The molecule has 0 radical (unpaired) electrons. The first-order valence-corrected chi connectivity index (χ1v) is 6.94. The number of hydrogen-bond acceptors (Lipinski definition) is 4. The molecular formula is C14H13ClN4O. The van der Waals surface area contributed by atoms with Gasteiger partial charge in [-0.05, 0) is 12.1 Å². The highest BCUT2D eigenvalue weighted by Gasteiger charge is 2.30. The average molecular weight is 289 g/mol. The van der Waals surface area contributed by atoms with E-state index >= 15 is 0 Å². The minimum absolute atomic E-state index is 0.556. The molecule has 0 aliphatic carbocycles. The number of fused-ring (bicyclic) bond motifs is 1. The summed E-state index contributed by atoms with van der Waals surface area (Å²) in [5.41, 5.74) is 1.75. The van der Waals surface area contributed by atoms with E-state index in [1.165, 1.54) is 0 Å². The van der Waals surface area contributed by atoms with E-state index in [-0.39, 0.29) is 0 Å². The van der Waals surface area contributed by atoms with E-state index in [4.69, 9.17) is 16.0 Å². The van der Waals surface area contributed by atoms with Crippen molar-refractivity contribution in [1.82, 2.24) is 14.8 Å². The average Bonchev–Trinajstić information content (AvgIpc) is 2.98. The van der Waals surface area contributed by atoms with Crippen molar-refractivity contribution in [3.05, 3.63) is 41.7 Å². The molecule has 6 heteroatoms. The van der Waals surface area contributed by atoms with Gasteiger partial charge in [-0.3, -0.25) is 4.68 Å². The number of oxazole rings is 1. The lowest BCUT2D eigenvalue weighted by molar-refractivity contribution is 0.325. The molecular weight excluding hydrogens is 276 g/mol. The van der Waals surface area contributed by atoms with Crippen molar-refractivity contribution in [2.75, 3.05) is 18.0 Å². The summed E-state index contributed by atoms with van der Waals surface area (Å²) >= 11 is 5.86. The molecule has 2 aromatic heterocycles. The lowest BCUT2D eigenvalue weighted by Gasteiger charge is -2.37. The lowest BCUT2D eigenvalue weighted by atomic mass is 10.0. The predicted octanol–water partition coefficient (Wildman–Crippen LogP) is 2.81. The number of rotatable bonds is 3. The first kappa shape index (κ1) is 11.8. The number of halogens is 1. The van der Waals surface area contributed by atoms with Gasteiger partial charge in [0.1, 0.15) is 5.52 Å². The van der Waals surface area contributed by atoms with Crippen molar-refractivity contribution in [3.63, 3.8) is 0 Å². The zero-order valence-corrected chi connectivity index (χ0v) is 11.5. The lowest BCUT2D eigenvalue weighted by Crippen LogP contribution is -2.48. The Kier molecular flexibility index (Phi) is 2.67. The second kappa shape index (κ2) is 4.52. The third-order valence-electron chi connectivity index (χ3n) is 3.56. The first-order chi connectivity index (χ1) is 9.78. The summed E-state index contributed by atoms with van der Waals surface area (Å²) in [6.07, 6.45) is 3.52. The molecule has 1 saturated heterocycles. The van der Waals surface area contributed by atoms with Crippen LogP contribution in [0.2, 0.25) is 5.02 Å². The van der Waals surface area contributed by atoms with Gasteiger partial charge in [0.05, 0.1) is 11.2 Å². The van der Waals surface area contributed by atoms with Crippen LogP contribution in [0.1, 0.15) is 0 Å². The molecule has 102 valence electrons. The van der Waals surface area contributed by atoms with Crippen molar-refractivity contribution in [1.29, 1.82) is 0 Å². The monoisotopic (exact) mass is 288 g/mol. The maximum Gasteiger partial charge on any atom is 0.298 e. The van der Waals surface area contributed by atoms with E-state index in [1.54, 1.807) is 6.20 Å². The molecule has 1 aliphatic heterocycles. The normalized spacial score (nSPS) is 15.8. The minimum atomic E-state index is 0.556. The van der Waals surface area contributed by atoms with Gasteiger partial charge < -0.3 is 9.32 Å². The van der Waals surface area contributed by atoms with Crippen LogP contribution in [0.3, 0.4) is 0 Å². The summed E-state index contributed by atoms with van der Waals surface area (Å²) in [5.74, 6) is 0.556. The highest BCUT2D eigenvalue weighted by molar-refractivity contribution is 6.30. The number of nitrogens with zero attached hydrogens (tertiary/aromatic N) is 4. The van der Waals surface area contributed by atoms with Gasteiger partial charge in [0.25, 0.3) is 6.01 Å². The van der Waals surface area contributed by atoms with Crippen molar-refractivity contribution in [2.45, 2.75) is 6.54 Å². The summed E-state index contributed by atoms with van der Waals surface area (Å²) < 4.78 is 7.63. The molecule has 3 heterocycles. The van der Waals surface area contributed by atoms with Crippen molar-refractivity contribution >= 4 is 28.7 Å².